The van der Waals surface area contributed by atoms with Crippen LogP contribution in [0.3, 0.4) is 0 Å². The Morgan fingerprint density at radius 3 is 2.15 bits per heavy atom. The van der Waals surface area contributed by atoms with E-state index in [1.807, 2.05) is 0 Å². The molecule has 0 amide bonds. The molecule has 0 radical (unpaired) electrons. The van der Waals surface area contributed by atoms with Crippen LogP contribution in [0.2, 0.25) is 0 Å². The summed E-state index contributed by atoms with van der Waals surface area (Å²) in [6, 6.07) is 7.89. The fourth-order valence-corrected chi connectivity index (χ4v) is 2.00. The third kappa shape index (κ3) is 2.71. The summed E-state index contributed by atoms with van der Waals surface area (Å²) in [6.07, 6.45) is 0. The van der Waals surface area contributed by atoms with Crippen LogP contribution in [0.5, 0.6) is 17.2 Å². The highest BCUT2D eigenvalue weighted by molar-refractivity contribution is 5.51. The number of aromatic hydroxyl groups is 1. The molecule has 0 unspecified atom stereocenters. The molecule has 104 valence electrons. The Morgan fingerprint density at radius 1 is 1.05 bits per heavy atom. The lowest BCUT2D eigenvalue weighted by Crippen LogP contribution is -1.95. The van der Waals surface area contributed by atoms with Crippen molar-refractivity contribution in [1.82, 2.24) is 0 Å². The molecule has 0 fully saturated rings. The number of non-ortho nitro benzene ring substituents is 1. The summed E-state index contributed by atoms with van der Waals surface area (Å²) in [4.78, 5) is 10.4. The van der Waals surface area contributed by atoms with Crippen molar-refractivity contribution in [3.63, 3.8) is 0 Å². The molecule has 0 aliphatic rings. The predicted molar refractivity (Wildman–Crippen MR) is 75.5 cm³/mol. The molecule has 0 aromatic heterocycles. The summed E-state index contributed by atoms with van der Waals surface area (Å²) in [5, 5.41) is 20.3. The van der Waals surface area contributed by atoms with Crippen LogP contribution in [0.4, 0.5) is 5.69 Å². The van der Waals surface area contributed by atoms with Crippen LogP contribution in [0, 0.1) is 30.9 Å². The molecule has 20 heavy (non-hydrogen) atoms. The Labute approximate surface area is 116 Å². The van der Waals surface area contributed by atoms with Crippen molar-refractivity contribution in [3.05, 3.63) is 57.1 Å². The molecule has 2 aromatic carbocycles. The zero-order valence-corrected chi connectivity index (χ0v) is 11.5. The van der Waals surface area contributed by atoms with E-state index in [-0.39, 0.29) is 11.4 Å². The average Bonchev–Trinajstić information content (AvgIpc) is 2.37. The van der Waals surface area contributed by atoms with Gasteiger partial charge in [-0.25, -0.2) is 0 Å². The van der Waals surface area contributed by atoms with Gasteiger partial charge < -0.3 is 9.84 Å². The Hall–Kier alpha value is -2.56. The van der Waals surface area contributed by atoms with E-state index in [2.05, 4.69) is 0 Å². The fraction of sp³-hybridized carbons (Fsp3) is 0.200. The van der Waals surface area contributed by atoms with Gasteiger partial charge in [0.1, 0.15) is 17.2 Å². The first-order valence-corrected chi connectivity index (χ1v) is 6.11. The van der Waals surface area contributed by atoms with E-state index in [1.54, 1.807) is 39.0 Å². The first-order chi connectivity index (χ1) is 9.38. The van der Waals surface area contributed by atoms with Crippen molar-refractivity contribution in [2.45, 2.75) is 20.8 Å². The smallest absolute Gasteiger partial charge is 0.270 e. The van der Waals surface area contributed by atoms with Crippen molar-refractivity contribution >= 4 is 5.69 Å². The molecule has 2 rings (SSSR count). The van der Waals surface area contributed by atoms with Crippen LogP contribution in [0.15, 0.2) is 30.3 Å². The highest BCUT2D eigenvalue weighted by Gasteiger charge is 2.13. The monoisotopic (exact) mass is 273 g/mol. The van der Waals surface area contributed by atoms with Gasteiger partial charge in [0.2, 0.25) is 0 Å². The SMILES string of the molecule is Cc1cc(Oc2c(C)cc([N+](=O)[O-])cc2C)ccc1O. The number of benzene rings is 2. The highest BCUT2D eigenvalue weighted by atomic mass is 16.6. The molecule has 2 aromatic rings. The number of ether oxygens (including phenoxy) is 1. The maximum atomic E-state index is 10.8. The Kier molecular flexibility index (Phi) is 3.61. The van der Waals surface area contributed by atoms with E-state index in [4.69, 9.17) is 4.74 Å². The van der Waals surface area contributed by atoms with Gasteiger partial charge >= 0.3 is 0 Å². The molecule has 0 heterocycles. The fourth-order valence-electron chi connectivity index (χ4n) is 2.00. The summed E-state index contributed by atoms with van der Waals surface area (Å²) >= 11 is 0. The summed E-state index contributed by atoms with van der Waals surface area (Å²) in [5.41, 5.74) is 2.15. The van der Waals surface area contributed by atoms with Crippen LogP contribution in [0.1, 0.15) is 16.7 Å². The zero-order valence-electron chi connectivity index (χ0n) is 11.5. The molecular formula is C15H15NO4. The summed E-state index contributed by atoms with van der Waals surface area (Å²) in [7, 11) is 0. The third-order valence-electron chi connectivity index (χ3n) is 3.04. The van der Waals surface area contributed by atoms with Crippen molar-refractivity contribution in [1.29, 1.82) is 0 Å². The Morgan fingerprint density at radius 2 is 1.65 bits per heavy atom. The average molecular weight is 273 g/mol. The van der Waals surface area contributed by atoms with Crippen molar-refractivity contribution in [2.24, 2.45) is 0 Å². The highest BCUT2D eigenvalue weighted by Crippen LogP contribution is 2.33. The molecule has 0 saturated carbocycles. The summed E-state index contributed by atoms with van der Waals surface area (Å²) in [5.74, 6) is 1.38. The minimum atomic E-state index is -0.422. The number of rotatable bonds is 3. The molecule has 1 N–H and O–H groups in total. The second kappa shape index (κ2) is 5.21. The topological polar surface area (TPSA) is 72.6 Å². The molecule has 5 nitrogen and oxygen atoms in total. The largest absolute Gasteiger partial charge is 0.508 e. The number of hydrogen-bond acceptors (Lipinski definition) is 4. The van der Waals surface area contributed by atoms with Crippen LogP contribution in [0.25, 0.3) is 0 Å². The standard InChI is InChI=1S/C15H15NO4/c1-9-8-13(4-5-14(9)17)20-15-10(2)6-12(16(18)19)7-11(15)3/h4-8,17H,1-3H3. The van der Waals surface area contributed by atoms with Crippen LogP contribution >= 0.6 is 0 Å². The quantitative estimate of drug-likeness (QED) is 0.677. The van der Waals surface area contributed by atoms with Crippen molar-refractivity contribution in [3.8, 4) is 17.2 Å². The van der Waals surface area contributed by atoms with Gasteiger partial charge in [0.05, 0.1) is 4.92 Å². The Balaban J connectivity index is 2.38. The zero-order chi connectivity index (χ0) is 14.9. The second-order valence-corrected chi connectivity index (χ2v) is 4.72. The Bertz CT molecular complexity index is 657. The van der Waals surface area contributed by atoms with Gasteiger partial charge in [0.15, 0.2) is 0 Å². The molecule has 0 bridgehead atoms. The van der Waals surface area contributed by atoms with Crippen LogP contribution < -0.4 is 4.74 Å². The van der Waals surface area contributed by atoms with Crippen LogP contribution in [-0.4, -0.2) is 10.0 Å². The summed E-state index contributed by atoms with van der Waals surface area (Å²) in [6.45, 7) is 5.31. The van der Waals surface area contributed by atoms with Crippen LogP contribution in [-0.2, 0) is 0 Å². The lowest BCUT2D eigenvalue weighted by molar-refractivity contribution is -0.385. The number of phenols is 1. The normalized spacial score (nSPS) is 10.3. The number of phenolic OH excluding ortho intramolecular Hbond substituents is 1. The van der Waals surface area contributed by atoms with Crippen molar-refractivity contribution < 1.29 is 14.8 Å². The van der Waals surface area contributed by atoms with Gasteiger partial charge in [-0.3, -0.25) is 10.1 Å². The predicted octanol–water partition coefficient (Wildman–Crippen LogP) is 4.02. The minimum absolute atomic E-state index is 0.0502. The lowest BCUT2D eigenvalue weighted by atomic mass is 10.1. The number of hydrogen-bond donors (Lipinski definition) is 1. The molecular weight excluding hydrogens is 258 g/mol. The molecule has 0 atom stereocenters. The third-order valence-corrected chi connectivity index (χ3v) is 3.04. The van der Waals surface area contributed by atoms with Gasteiger partial charge in [0.25, 0.3) is 5.69 Å². The van der Waals surface area contributed by atoms with Gasteiger partial charge in [0, 0.05) is 12.1 Å². The van der Waals surface area contributed by atoms with E-state index in [0.717, 1.165) is 0 Å². The van der Waals surface area contributed by atoms with Gasteiger partial charge in [-0.15, -0.1) is 0 Å². The van der Waals surface area contributed by atoms with E-state index in [9.17, 15) is 15.2 Å². The molecule has 0 aliphatic heterocycles. The van der Waals surface area contributed by atoms with E-state index in [1.165, 1.54) is 12.1 Å². The van der Waals surface area contributed by atoms with Gasteiger partial charge in [-0.1, -0.05) is 0 Å². The minimum Gasteiger partial charge on any atom is -0.508 e. The van der Waals surface area contributed by atoms with Crippen molar-refractivity contribution in [2.75, 3.05) is 0 Å². The number of nitrogens with zero attached hydrogens (tertiary/aromatic N) is 1. The summed E-state index contributed by atoms with van der Waals surface area (Å²) < 4.78 is 5.78. The van der Waals surface area contributed by atoms with Gasteiger partial charge in [-0.2, -0.15) is 0 Å². The van der Waals surface area contributed by atoms with E-state index < -0.39 is 4.92 Å². The number of aryl methyl sites for hydroxylation is 3. The molecule has 0 saturated heterocycles. The van der Waals surface area contributed by atoms with E-state index >= 15 is 0 Å². The first-order valence-electron chi connectivity index (χ1n) is 6.11. The second-order valence-electron chi connectivity index (χ2n) is 4.72. The maximum absolute atomic E-state index is 10.8. The van der Waals surface area contributed by atoms with E-state index in [0.29, 0.717) is 28.2 Å². The molecule has 0 aliphatic carbocycles. The molecule has 0 spiro atoms. The maximum Gasteiger partial charge on any atom is 0.270 e. The van der Waals surface area contributed by atoms with Gasteiger partial charge in [-0.05, 0) is 55.7 Å². The lowest BCUT2D eigenvalue weighted by Gasteiger charge is -2.12. The molecule has 5 heteroatoms. The number of nitro groups is 1. The first kappa shape index (κ1) is 13.9. The number of nitro benzene ring substituents is 1.